The minimum Gasteiger partial charge on any atom is -0.484 e. The zero-order chi connectivity index (χ0) is 16.3. The Bertz CT molecular complexity index is 565. The summed E-state index contributed by atoms with van der Waals surface area (Å²) in [5.41, 5.74) is 0.113. The number of benzene rings is 1. The Morgan fingerprint density at radius 1 is 1.39 bits per heavy atom. The lowest BCUT2D eigenvalue weighted by atomic mass is 9.76. The van der Waals surface area contributed by atoms with Gasteiger partial charge in [0.05, 0.1) is 6.10 Å². The summed E-state index contributed by atoms with van der Waals surface area (Å²) in [4.78, 5) is 14.3. The fourth-order valence-corrected chi connectivity index (χ4v) is 4.11. The quantitative estimate of drug-likeness (QED) is 0.856. The Kier molecular flexibility index (Phi) is 4.85. The van der Waals surface area contributed by atoms with Crippen molar-refractivity contribution in [2.75, 3.05) is 26.8 Å². The molecule has 1 aromatic carbocycles. The summed E-state index contributed by atoms with van der Waals surface area (Å²) >= 11 is 0. The van der Waals surface area contributed by atoms with Gasteiger partial charge in [0.25, 0.3) is 5.91 Å². The summed E-state index contributed by atoms with van der Waals surface area (Å²) in [6.45, 7) is 1.47. The van der Waals surface area contributed by atoms with Crippen molar-refractivity contribution in [2.24, 2.45) is 5.41 Å². The van der Waals surface area contributed by atoms with Gasteiger partial charge in [-0.3, -0.25) is 4.79 Å². The number of hydrogen-bond donors (Lipinski definition) is 0. The van der Waals surface area contributed by atoms with E-state index in [0.717, 1.165) is 38.8 Å². The summed E-state index contributed by atoms with van der Waals surface area (Å²) in [5, 5.41) is 0. The van der Waals surface area contributed by atoms with Crippen LogP contribution in [0, 0.1) is 11.2 Å². The highest BCUT2D eigenvalue weighted by molar-refractivity contribution is 5.78. The van der Waals surface area contributed by atoms with Crippen LogP contribution in [-0.2, 0) is 9.53 Å². The molecule has 1 amide bonds. The van der Waals surface area contributed by atoms with Crippen molar-refractivity contribution in [3.63, 3.8) is 0 Å². The molecule has 126 valence electrons. The molecule has 1 spiro atoms. The molecule has 2 fully saturated rings. The van der Waals surface area contributed by atoms with Crippen LogP contribution in [0.3, 0.4) is 0 Å². The second-order valence-electron chi connectivity index (χ2n) is 6.64. The van der Waals surface area contributed by atoms with Gasteiger partial charge >= 0.3 is 0 Å². The number of likely N-dealkylation sites (tertiary alicyclic amines) is 1. The molecular formula is C18H24FNO3. The lowest BCUT2D eigenvalue weighted by Crippen LogP contribution is -2.50. The first-order valence-corrected chi connectivity index (χ1v) is 8.32. The topological polar surface area (TPSA) is 38.8 Å². The van der Waals surface area contributed by atoms with Crippen molar-refractivity contribution in [2.45, 2.75) is 38.2 Å². The van der Waals surface area contributed by atoms with Gasteiger partial charge in [-0.15, -0.1) is 0 Å². The van der Waals surface area contributed by atoms with Crippen LogP contribution in [0.2, 0.25) is 0 Å². The molecule has 2 aliphatic rings. The van der Waals surface area contributed by atoms with E-state index in [1.807, 2.05) is 4.90 Å². The molecule has 1 aliphatic carbocycles. The number of nitrogens with zero attached hydrogens (tertiary/aromatic N) is 1. The highest BCUT2D eigenvalue weighted by atomic mass is 19.1. The largest absolute Gasteiger partial charge is 0.484 e. The Morgan fingerprint density at radius 2 is 2.22 bits per heavy atom. The first-order valence-electron chi connectivity index (χ1n) is 8.32. The maximum absolute atomic E-state index is 13.1. The summed E-state index contributed by atoms with van der Waals surface area (Å²) in [6.07, 6.45) is 5.76. The first kappa shape index (κ1) is 16.2. The number of carbonyl (C=O) groups is 1. The van der Waals surface area contributed by atoms with Crippen LogP contribution in [0.1, 0.15) is 32.1 Å². The van der Waals surface area contributed by atoms with Crippen LogP contribution in [0.25, 0.3) is 0 Å². The molecular weight excluding hydrogens is 297 g/mol. The summed E-state index contributed by atoms with van der Waals surface area (Å²) in [5.74, 6) is -0.00318. The van der Waals surface area contributed by atoms with Crippen molar-refractivity contribution in [1.29, 1.82) is 0 Å². The zero-order valence-electron chi connectivity index (χ0n) is 13.6. The minimum absolute atomic E-state index is 0.0323. The molecule has 2 atom stereocenters. The van der Waals surface area contributed by atoms with Crippen molar-refractivity contribution in [1.82, 2.24) is 4.90 Å². The average molecular weight is 321 g/mol. The van der Waals surface area contributed by atoms with Crippen LogP contribution in [-0.4, -0.2) is 43.7 Å². The fraction of sp³-hybridized carbons (Fsp3) is 0.611. The smallest absolute Gasteiger partial charge is 0.260 e. The maximum Gasteiger partial charge on any atom is 0.260 e. The standard InChI is InChI=1S/C18H24FNO3/c1-22-16-7-3-8-18(16)9-4-10-20(13-18)17(21)12-23-15-6-2-5-14(19)11-15/h2,5-6,11,16H,3-4,7-10,12-13H2,1H3/t16-,18-/m1/s1. The van der Waals surface area contributed by atoms with E-state index in [4.69, 9.17) is 9.47 Å². The molecule has 1 saturated carbocycles. The number of carbonyl (C=O) groups excluding carboxylic acids is 1. The molecule has 23 heavy (non-hydrogen) atoms. The molecule has 1 aromatic rings. The molecule has 5 heteroatoms. The van der Waals surface area contributed by atoms with E-state index >= 15 is 0 Å². The second-order valence-corrected chi connectivity index (χ2v) is 6.64. The van der Waals surface area contributed by atoms with Gasteiger partial charge in [-0.25, -0.2) is 4.39 Å². The van der Waals surface area contributed by atoms with E-state index in [2.05, 4.69) is 0 Å². The highest BCUT2D eigenvalue weighted by Gasteiger charge is 2.46. The lowest BCUT2D eigenvalue weighted by molar-refractivity contribution is -0.139. The highest BCUT2D eigenvalue weighted by Crippen LogP contribution is 2.46. The van der Waals surface area contributed by atoms with Gasteiger partial charge in [0.2, 0.25) is 0 Å². The molecule has 1 saturated heterocycles. The van der Waals surface area contributed by atoms with Gasteiger partial charge in [-0.2, -0.15) is 0 Å². The van der Waals surface area contributed by atoms with E-state index in [-0.39, 0.29) is 29.9 Å². The SMILES string of the molecule is CO[C@@H]1CCC[C@]12CCCN(C(=O)COc1cccc(F)c1)C2. The van der Waals surface area contributed by atoms with E-state index in [1.165, 1.54) is 18.6 Å². The van der Waals surface area contributed by atoms with Crippen LogP contribution >= 0.6 is 0 Å². The minimum atomic E-state index is -0.360. The van der Waals surface area contributed by atoms with Gasteiger partial charge in [-0.05, 0) is 37.8 Å². The number of ether oxygens (including phenoxy) is 2. The normalized spacial score (nSPS) is 27.4. The number of rotatable bonds is 4. The van der Waals surface area contributed by atoms with E-state index in [1.54, 1.807) is 19.2 Å². The van der Waals surface area contributed by atoms with Crippen LogP contribution in [0.4, 0.5) is 4.39 Å². The maximum atomic E-state index is 13.1. The summed E-state index contributed by atoms with van der Waals surface area (Å²) in [7, 11) is 1.77. The van der Waals surface area contributed by atoms with Crippen LogP contribution in [0.5, 0.6) is 5.75 Å². The first-order chi connectivity index (χ1) is 11.1. The number of piperidine rings is 1. The van der Waals surface area contributed by atoms with Gasteiger partial charge < -0.3 is 14.4 Å². The second kappa shape index (κ2) is 6.87. The molecule has 1 heterocycles. The molecule has 0 N–H and O–H groups in total. The van der Waals surface area contributed by atoms with Crippen molar-refractivity contribution in [3.05, 3.63) is 30.1 Å². The molecule has 0 aromatic heterocycles. The summed E-state index contributed by atoms with van der Waals surface area (Å²) in [6, 6.07) is 5.88. The summed E-state index contributed by atoms with van der Waals surface area (Å²) < 4.78 is 24.2. The van der Waals surface area contributed by atoms with Gasteiger partial charge in [-0.1, -0.05) is 12.5 Å². The number of hydrogen-bond acceptors (Lipinski definition) is 3. The Balaban J connectivity index is 1.59. The third-order valence-electron chi connectivity index (χ3n) is 5.23. The zero-order valence-corrected chi connectivity index (χ0v) is 13.6. The number of halogens is 1. The molecule has 0 unspecified atom stereocenters. The van der Waals surface area contributed by atoms with Crippen LogP contribution in [0.15, 0.2) is 24.3 Å². The van der Waals surface area contributed by atoms with Gasteiger partial charge in [0, 0.05) is 31.7 Å². The monoisotopic (exact) mass is 321 g/mol. The fourth-order valence-electron chi connectivity index (χ4n) is 4.11. The predicted molar refractivity (Wildman–Crippen MR) is 84.8 cm³/mol. The van der Waals surface area contributed by atoms with E-state index in [0.29, 0.717) is 5.75 Å². The number of methoxy groups -OCH3 is 1. The molecule has 0 radical (unpaired) electrons. The van der Waals surface area contributed by atoms with Gasteiger partial charge in [0.1, 0.15) is 11.6 Å². The Labute approximate surface area is 136 Å². The third-order valence-corrected chi connectivity index (χ3v) is 5.23. The Morgan fingerprint density at radius 3 is 3.00 bits per heavy atom. The lowest BCUT2D eigenvalue weighted by Gasteiger charge is -2.43. The molecule has 4 nitrogen and oxygen atoms in total. The van der Waals surface area contributed by atoms with E-state index < -0.39 is 0 Å². The van der Waals surface area contributed by atoms with Crippen LogP contribution < -0.4 is 4.74 Å². The van der Waals surface area contributed by atoms with Crippen molar-refractivity contribution in [3.8, 4) is 5.75 Å². The molecule has 1 aliphatic heterocycles. The molecule has 0 bridgehead atoms. The number of amides is 1. The van der Waals surface area contributed by atoms with Crippen molar-refractivity contribution < 1.29 is 18.7 Å². The predicted octanol–water partition coefficient (Wildman–Crippen LogP) is 3.01. The van der Waals surface area contributed by atoms with E-state index in [9.17, 15) is 9.18 Å². The third kappa shape index (κ3) is 3.50. The Hall–Kier alpha value is -1.62. The van der Waals surface area contributed by atoms with Crippen molar-refractivity contribution >= 4 is 5.91 Å². The molecule has 3 rings (SSSR count). The average Bonchev–Trinajstić information content (AvgIpc) is 2.94. The van der Waals surface area contributed by atoms with Gasteiger partial charge in [0.15, 0.2) is 6.61 Å².